The van der Waals surface area contributed by atoms with Crippen LogP contribution in [0.4, 0.5) is 0 Å². The van der Waals surface area contributed by atoms with Gasteiger partial charge in [0.25, 0.3) is 5.91 Å². The first-order valence-electron chi connectivity index (χ1n) is 5.10. The van der Waals surface area contributed by atoms with Gasteiger partial charge in [0.15, 0.2) is 0 Å². The van der Waals surface area contributed by atoms with Crippen molar-refractivity contribution in [1.82, 2.24) is 5.43 Å². The van der Waals surface area contributed by atoms with E-state index in [-0.39, 0.29) is 5.91 Å². The summed E-state index contributed by atoms with van der Waals surface area (Å²) in [6, 6.07) is 7.06. The summed E-state index contributed by atoms with van der Waals surface area (Å²) in [5.74, 6) is 7.30. The minimum atomic E-state index is -0.334. The van der Waals surface area contributed by atoms with Crippen LogP contribution in [0.25, 0.3) is 0 Å². The molecule has 0 aliphatic carbocycles. The van der Waals surface area contributed by atoms with Crippen LogP contribution in [0.2, 0.25) is 0 Å². The van der Waals surface area contributed by atoms with Gasteiger partial charge in [-0.2, -0.15) is 11.8 Å². The fourth-order valence-corrected chi connectivity index (χ4v) is 1.70. The van der Waals surface area contributed by atoms with E-state index in [4.69, 9.17) is 10.6 Å². The number of rotatable bonds is 6. The molecule has 0 radical (unpaired) electrons. The van der Waals surface area contributed by atoms with Gasteiger partial charge in [-0.1, -0.05) is 19.1 Å². The number of hydrogen-bond acceptors (Lipinski definition) is 4. The van der Waals surface area contributed by atoms with Crippen molar-refractivity contribution in [3.63, 3.8) is 0 Å². The van der Waals surface area contributed by atoms with Gasteiger partial charge in [-0.25, -0.2) is 5.84 Å². The van der Waals surface area contributed by atoms with Crippen LogP contribution in [0.15, 0.2) is 24.3 Å². The standard InChI is InChI=1S/C11H16N2O2S/c1-2-16-8-7-15-10-6-4-3-5-9(10)11(14)13-12/h3-6H,2,7-8,12H2,1H3,(H,13,14). The first kappa shape index (κ1) is 12.9. The average molecular weight is 240 g/mol. The predicted molar refractivity (Wildman–Crippen MR) is 66.6 cm³/mol. The molecule has 0 aliphatic rings. The molecule has 1 aromatic carbocycles. The molecule has 16 heavy (non-hydrogen) atoms. The molecule has 0 aromatic heterocycles. The number of nitrogen functional groups attached to an aromatic ring is 1. The fraction of sp³-hybridized carbons (Fsp3) is 0.364. The summed E-state index contributed by atoms with van der Waals surface area (Å²) in [6.45, 7) is 2.69. The molecule has 0 spiro atoms. The largest absolute Gasteiger partial charge is 0.492 e. The zero-order chi connectivity index (χ0) is 11.8. The summed E-state index contributed by atoms with van der Waals surface area (Å²) in [6.07, 6.45) is 0. The SMILES string of the molecule is CCSCCOc1ccccc1C(=O)NN. The van der Waals surface area contributed by atoms with E-state index < -0.39 is 0 Å². The Bertz CT molecular complexity index is 345. The van der Waals surface area contributed by atoms with E-state index in [1.165, 1.54) is 0 Å². The third-order valence-electron chi connectivity index (χ3n) is 1.95. The number of benzene rings is 1. The molecule has 4 nitrogen and oxygen atoms in total. The third-order valence-corrected chi connectivity index (χ3v) is 2.82. The monoisotopic (exact) mass is 240 g/mol. The number of ether oxygens (including phenoxy) is 1. The normalized spacial score (nSPS) is 9.88. The molecule has 3 N–H and O–H groups in total. The zero-order valence-electron chi connectivity index (χ0n) is 9.23. The number of para-hydroxylation sites is 1. The van der Waals surface area contributed by atoms with Gasteiger partial charge < -0.3 is 4.74 Å². The van der Waals surface area contributed by atoms with Gasteiger partial charge in [0.1, 0.15) is 5.75 Å². The summed E-state index contributed by atoms with van der Waals surface area (Å²) in [5.41, 5.74) is 2.56. The van der Waals surface area contributed by atoms with Crippen molar-refractivity contribution in [1.29, 1.82) is 0 Å². The highest BCUT2D eigenvalue weighted by molar-refractivity contribution is 7.99. The van der Waals surface area contributed by atoms with Crippen molar-refractivity contribution in [2.24, 2.45) is 5.84 Å². The van der Waals surface area contributed by atoms with Crippen molar-refractivity contribution >= 4 is 17.7 Å². The molecule has 0 unspecified atom stereocenters. The lowest BCUT2D eigenvalue weighted by atomic mass is 10.2. The Balaban J connectivity index is 2.60. The number of amides is 1. The van der Waals surface area contributed by atoms with Crippen LogP contribution in [0.3, 0.4) is 0 Å². The molecule has 0 saturated carbocycles. The van der Waals surface area contributed by atoms with Crippen molar-refractivity contribution in [2.75, 3.05) is 18.1 Å². The number of thioether (sulfide) groups is 1. The molecule has 0 heterocycles. The molecule has 0 aliphatic heterocycles. The van der Waals surface area contributed by atoms with E-state index in [1.807, 2.05) is 6.07 Å². The van der Waals surface area contributed by atoms with E-state index in [0.29, 0.717) is 17.9 Å². The maximum atomic E-state index is 11.4. The Morgan fingerprint density at radius 1 is 1.50 bits per heavy atom. The Hall–Kier alpha value is -1.20. The first-order chi connectivity index (χ1) is 7.79. The second-order valence-electron chi connectivity index (χ2n) is 3.02. The molecular weight excluding hydrogens is 224 g/mol. The molecule has 1 aromatic rings. The third kappa shape index (κ3) is 3.75. The van der Waals surface area contributed by atoms with Crippen LogP contribution in [0, 0.1) is 0 Å². The van der Waals surface area contributed by atoms with Crippen molar-refractivity contribution in [2.45, 2.75) is 6.92 Å². The van der Waals surface area contributed by atoms with Gasteiger partial charge >= 0.3 is 0 Å². The van der Waals surface area contributed by atoms with Gasteiger partial charge in [-0.3, -0.25) is 10.2 Å². The van der Waals surface area contributed by atoms with Crippen LogP contribution in [-0.4, -0.2) is 24.0 Å². The lowest BCUT2D eigenvalue weighted by molar-refractivity contribution is 0.0950. The quantitative estimate of drug-likeness (QED) is 0.342. The summed E-state index contributed by atoms with van der Waals surface area (Å²) in [4.78, 5) is 11.4. The molecular formula is C11H16N2O2S. The minimum absolute atomic E-state index is 0.334. The topological polar surface area (TPSA) is 64.3 Å². The summed E-state index contributed by atoms with van der Waals surface area (Å²) >= 11 is 1.80. The van der Waals surface area contributed by atoms with Crippen LogP contribution in [-0.2, 0) is 0 Å². The average Bonchev–Trinajstić information content (AvgIpc) is 2.34. The van der Waals surface area contributed by atoms with E-state index in [2.05, 4.69) is 12.3 Å². The second kappa shape index (κ2) is 7.14. The summed E-state index contributed by atoms with van der Waals surface area (Å²) in [7, 11) is 0. The molecule has 1 rings (SSSR count). The van der Waals surface area contributed by atoms with Crippen LogP contribution in [0.1, 0.15) is 17.3 Å². The predicted octanol–water partition coefficient (Wildman–Crippen LogP) is 1.42. The number of nitrogens with one attached hydrogen (secondary N) is 1. The van der Waals surface area contributed by atoms with Gasteiger partial charge in [0, 0.05) is 5.75 Å². The molecule has 0 atom stereocenters. The van der Waals surface area contributed by atoms with Gasteiger partial charge in [0.05, 0.1) is 12.2 Å². The van der Waals surface area contributed by atoms with Gasteiger partial charge in [-0.05, 0) is 17.9 Å². The number of hydrogen-bond donors (Lipinski definition) is 2. The maximum Gasteiger partial charge on any atom is 0.268 e. The van der Waals surface area contributed by atoms with Crippen LogP contribution < -0.4 is 16.0 Å². The van der Waals surface area contributed by atoms with E-state index >= 15 is 0 Å². The second-order valence-corrected chi connectivity index (χ2v) is 4.41. The minimum Gasteiger partial charge on any atom is -0.492 e. The summed E-state index contributed by atoms with van der Waals surface area (Å²) < 4.78 is 5.52. The van der Waals surface area contributed by atoms with Crippen molar-refractivity contribution < 1.29 is 9.53 Å². The molecule has 0 bridgehead atoms. The Morgan fingerprint density at radius 3 is 2.94 bits per heavy atom. The fourth-order valence-electron chi connectivity index (χ4n) is 1.21. The number of carbonyl (C=O) groups is 1. The van der Waals surface area contributed by atoms with E-state index in [0.717, 1.165) is 11.5 Å². The molecule has 1 amide bonds. The van der Waals surface area contributed by atoms with Gasteiger partial charge in [-0.15, -0.1) is 0 Å². The lowest BCUT2D eigenvalue weighted by Crippen LogP contribution is -2.30. The number of hydrazine groups is 1. The Kier molecular flexibility index (Phi) is 5.74. The van der Waals surface area contributed by atoms with Crippen LogP contribution in [0.5, 0.6) is 5.75 Å². The van der Waals surface area contributed by atoms with Gasteiger partial charge in [0.2, 0.25) is 0 Å². The number of carbonyl (C=O) groups excluding carboxylic acids is 1. The van der Waals surface area contributed by atoms with Crippen LogP contribution >= 0.6 is 11.8 Å². The molecule has 0 saturated heterocycles. The summed E-state index contributed by atoms with van der Waals surface area (Å²) in [5, 5.41) is 0. The highest BCUT2D eigenvalue weighted by atomic mass is 32.2. The van der Waals surface area contributed by atoms with E-state index in [1.54, 1.807) is 30.0 Å². The highest BCUT2D eigenvalue weighted by Crippen LogP contribution is 2.17. The Labute approximate surface area is 99.5 Å². The maximum absolute atomic E-state index is 11.4. The molecule has 5 heteroatoms. The van der Waals surface area contributed by atoms with Crippen molar-refractivity contribution in [3.05, 3.63) is 29.8 Å². The molecule has 0 fully saturated rings. The lowest BCUT2D eigenvalue weighted by Gasteiger charge is -2.09. The Morgan fingerprint density at radius 2 is 2.25 bits per heavy atom. The van der Waals surface area contributed by atoms with Crippen molar-refractivity contribution in [3.8, 4) is 5.75 Å². The smallest absolute Gasteiger partial charge is 0.268 e. The highest BCUT2D eigenvalue weighted by Gasteiger charge is 2.09. The van der Waals surface area contributed by atoms with E-state index in [9.17, 15) is 4.79 Å². The molecule has 88 valence electrons. The zero-order valence-corrected chi connectivity index (χ0v) is 10.0. The number of nitrogens with two attached hydrogens (primary N) is 1. The first-order valence-corrected chi connectivity index (χ1v) is 6.25.